The Balaban J connectivity index is 2.67. The third-order valence-corrected chi connectivity index (χ3v) is 3.53. The number of thiophene rings is 1. The number of halogens is 1. The van der Waals surface area contributed by atoms with Crippen LogP contribution in [0.1, 0.15) is 17.7 Å². The normalized spacial score (nSPS) is 12.5. The summed E-state index contributed by atoms with van der Waals surface area (Å²) in [6, 6.07) is 1.96. The Kier molecular flexibility index (Phi) is 3.90. The molecule has 0 saturated carbocycles. The first-order chi connectivity index (χ1) is 6.15. The molecule has 13 heavy (non-hydrogen) atoms. The van der Waals surface area contributed by atoms with E-state index in [2.05, 4.69) is 26.8 Å². The van der Waals surface area contributed by atoms with Crippen LogP contribution < -0.4 is 10.9 Å². The Morgan fingerprint density at radius 1 is 1.69 bits per heavy atom. The minimum Gasteiger partial charge on any atom is -0.291 e. The number of nitrogens with one attached hydrogen (secondary N) is 2. The molecule has 1 unspecified atom stereocenters. The lowest BCUT2D eigenvalue weighted by Crippen LogP contribution is -2.36. The topological polar surface area (TPSA) is 41.1 Å². The molecule has 5 heteroatoms. The van der Waals surface area contributed by atoms with Crippen molar-refractivity contribution >= 4 is 33.2 Å². The van der Waals surface area contributed by atoms with E-state index >= 15 is 0 Å². The summed E-state index contributed by atoms with van der Waals surface area (Å²) < 4.78 is 1.02. The van der Waals surface area contributed by atoms with Gasteiger partial charge in [0.25, 0.3) is 0 Å². The summed E-state index contributed by atoms with van der Waals surface area (Å²) >= 11 is 4.93. The van der Waals surface area contributed by atoms with Crippen LogP contribution in [-0.2, 0) is 4.79 Å². The lowest BCUT2D eigenvalue weighted by Gasteiger charge is -2.08. The van der Waals surface area contributed by atoms with Crippen LogP contribution in [0.25, 0.3) is 0 Å². The standard InChI is InChI=1S/C8H11BrN2OS/c1-5(8(12)11-10-2)7-3-6(9)4-13-7/h3-5,10H,1-2H3,(H,11,12). The summed E-state index contributed by atoms with van der Waals surface area (Å²) in [4.78, 5) is 12.4. The number of carbonyl (C=O) groups is 1. The molecule has 2 N–H and O–H groups in total. The van der Waals surface area contributed by atoms with E-state index in [1.54, 1.807) is 18.4 Å². The number of rotatable bonds is 3. The largest absolute Gasteiger partial charge is 0.291 e. The van der Waals surface area contributed by atoms with Gasteiger partial charge in [-0.2, -0.15) is 0 Å². The fourth-order valence-electron chi connectivity index (χ4n) is 0.916. The highest BCUT2D eigenvalue weighted by atomic mass is 79.9. The van der Waals surface area contributed by atoms with Gasteiger partial charge in [-0.3, -0.25) is 10.2 Å². The second-order valence-electron chi connectivity index (χ2n) is 2.63. The van der Waals surface area contributed by atoms with Gasteiger partial charge in [-0.15, -0.1) is 11.3 Å². The Bertz CT molecular complexity index is 300. The highest BCUT2D eigenvalue weighted by Crippen LogP contribution is 2.26. The molecular formula is C8H11BrN2OS. The molecule has 1 rings (SSSR count). The zero-order valence-corrected chi connectivity index (χ0v) is 9.83. The molecule has 1 atom stereocenters. The van der Waals surface area contributed by atoms with Crippen molar-refractivity contribution in [2.24, 2.45) is 0 Å². The van der Waals surface area contributed by atoms with Gasteiger partial charge in [-0.1, -0.05) is 0 Å². The average Bonchev–Trinajstić information content (AvgIpc) is 2.51. The Morgan fingerprint density at radius 2 is 2.38 bits per heavy atom. The minimum atomic E-state index is -0.108. The molecular weight excluding hydrogens is 252 g/mol. The van der Waals surface area contributed by atoms with Crippen LogP contribution in [0.2, 0.25) is 0 Å². The second kappa shape index (κ2) is 4.74. The van der Waals surface area contributed by atoms with Crippen molar-refractivity contribution in [1.82, 2.24) is 10.9 Å². The molecule has 72 valence electrons. The molecule has 0 aromatic carbocycles. The van der Waals surface area contributed by atoms with Crippen molar-refractivity contribution < 1.29 is 4.79 Å². The molecule has 0 aliphatic heterocycles. The maximum Gasteiger partial charge on any atom is 0.242 e. The molecule has 1 amide bonds. The van der Waals surface area contributed by atoms with Crippen LogP contribution in [0.5, 0.6) is 0 Å². The number of hydrogen-bond acceptors (Lipinski definition) is 3. The molecule has 1 aromatic heterocycles. The zero-order valence-electron chi connectivity index (χ0n) is 7.43. The average molecular weight is 263 g/mol. The Labute approximate surface area is 89.6 Å². The summed E-state index contributed by atoms with van der Waals surface area (Å²) in [6.07, 6.45) is 0. The van der Waals surface area contributed by atoms with E-state index in [0.29, 0.717) is 0 Å². The first-order valence-electron chi connectivity index (χ1n) is 3.85. The van der Waals surface area contributed by atoms with Gasteiger partial charge in [0.05, 0.1) is 5.92 Å². The monoisotopic (exact) mass is 262 g/mol. The van der Waals surface area contributed by atoms with Gasteiger partial charge in [0, 0.05) is 21.8 Å². The number of amides is 1. The van der Waals surface area contributed by atoms with Crippen molar-refractivity contribution in [2.45, 2.75) is 12.8 Å². The van der Waals surface area contributed by atoms with Crippen LogP contribution in [0.3, 0.4) is 0 Å². The number of hydrogen-bond donors (Lipinski definition) is 2. The zero-order chi connectivity index (χ0) is 9.84. The van der Waals surface area contributed by atoms with E-state index in [9.17, 15) is 4.79 Å². The highest BCUT2D eigenvalue weighted by Gasteiger charge is 2.15. The quantitative estimate of drug-likeness (QED) is 0.817. The fourth-order valence-corrected chi connectivity index (χ4v) is 2.42. The molecule has 0 saturated heterocycles. The fraction of sp³-hybridized carbons (Fsp3) is 0.375. The summed E-state index contributed by atoms with van der Waals surface area (Å²) in [6.45, 7) is 1.88. The van der Waals surface area contributed by atoms with Gasteiger partial charge in [-0.05, 0) is 28.9 Å². The van der Waals surface area contributed by atoms with Crippen LogP contribution >= 0.6 is 27.3 Å². The van der Waals surface area contributed by atoms with Gasteiger partial charge in [0.2, 0.25) is 5.91 Å². The smallest absolute Gasteiger partial charge is 0.242 e. The van der Waals surface area contributed by atoms with Gasteiger partial charge in [0.15, 0.2) is 0 Å². The summed E-state index contributed by atoms with van der Waals surface area (Å²) in [5.74, 6) is -0.124. The van der Waals surface area contributed by atoms with Gasteiger partial charge in [-0.25, -0.2) is 5.43 Å². The van der Waals surface area contributed by atoms with Crippen LogP contribution in [0.4, 0.5) is 0 Å². The van der Waals surface area contributed by atoms with Gasteiger partial charge in [0.1, 0.15) is 0 Å². The molecule has 1 aromatic rings. The van der Waals surface area contributed by atoms with E-state index in [1.165, 1.54) is 0 Å². The lowest BCUT2D eigenvalue weighted by molar-refractivity contribution is -0.122. The van der Waals surface area contributed by atoms with E-state index in [4.69, 9.17) is 0 Å². The molecule has 1 heterocycles. The second-order valence-corrected chi connectivity index (χ2v) is 4.49. The van der Waals surface area contributed by atoms with Crippen LogP contribution in [0, 0.1) is 0 Å². The van der Waals surface area contributed by atoms with E-state index in [1.807, 2.05) is 18.4 Å². The molecule has 0 fully saturated rings. The number of carbonyl (C=O) groups excluding carboxylic acids is 1. The van der Waals surface area contributed by atoms with E-state index in [-0.39, 0.29) is 11.8 Å². The van der Waals surface area contributed by atoms with Gasteiger partial charge < -0.3 is 0 Å². The van der Waals surface area contributed by atoms with E-state index in [0.717, 1.165) is 9.35 Å². The van der Waals surface area contributed by atoms with Gasteiger partial charge >= 0.3 is 0 Å². The first-order valence-corrected chi connectivity index (χ1v) is 5.53. The Hall–Kier alpha value is -0.390. The number of hydrazine groups is 1. The van der Waals surface area contributed by atoms with Crippen molar-refractivity contribution in [1.29, 1.82) is 0 Å². The minimum absolute atomic E-state index is 0.0168. The summed E-state index contributed by atoms with van der Waals surface area (Å²) in [7, 11) is 1.68. The molecule has 0 radical (unpaired) electrons. The maximum absolute atomic E-state index is 11.4. The molecule has 0 bridgehead atoms. The lowest BCUT2D eigenvalue weighted by atomic mass is 10.1. The third-order valence-electron chi connectivity index (χ3n) is 1.66. The van der Waals surface area contributed by atoms with Crippen molar-refractivity contribution in [3.8, 4) is 0 Å². The SMILES string of the molecule is CNNC(=O)C(C)c1cc(Br)cs1. The highest BCUT2D eigenvalue weighted by molar-refractivity contribution is 9.10. The first kappa shape index (κ1) is 10.7. The predicted octanol–water partition coefficient (Wildman–Crippen LogP) is 1.86. The predicted molar refractivity (Wildman–Crippen MR) is 57.6 cm³/mol. The Morgan fingerprint density at radius 3 is 2.85 bits per heavy atom. The van der Waals surface area contributed by atoms with Crippen molar-refractivity contribution in [3.63, 3.8) is 0 Å². The summed E-state index contributed by atoms with van der Waals surface area (Å²) in [5, 5.41) is 1.97. The molecule has 0 aliphatic carbocycles. The van der Waals surface area contributed by atoms with E-state index < -0.39 is 0 Å². The molecule has 3 nitrogen and oxygen atoms in total. The van der Waals surface area contributed by atoms with Crippen molar-refractivity contribution in [2.75, 3.05) is 7.05 Å². The van der Waals surface area contributed by atoms with Crippen molar-refractivity contribution in [3.05, 3.63) is 20.8 Å². The molecule has 0 aliphatic rings. The summed E-state index contributed by atoms with van der Waals surface area (Å²) in [5.41, 5.74) is 5.17. The molecule has 0 spiro atoms. The van der Waals surface area contributed by atoms with Crippen LogP contribution in [0.15, 0.2) is 15.9 Å². The maximum atomic E-state index is 11.4. The van der Waals surface area contributed by atoms with Crippen LogP contribution in [-0.4, -0.2) is 13.0 Å². The third kappa shape index (κ3) is 2.79.